The highest BCUT2D eigenvalue weighted by atomic mass is 32.2. The van der Waals surface area contributed by atoms with Crippen molar-refractivity contribution in [2.24, 2.45) is 0 Å². The Morgan fingerprint density at radius 1 is 0.868 bits per heavy atom. The first-order valence-electron chi connectivity index (χ1n) is 12.4. The van der Waals surface area contributed by atoms with E-state index in [-0.39, 0.29) is 41.3 Å². The van der Waals surface area contributed by atoms with Crippen LogP contribution in [-0.2, 0) is 15.7 Å². The number of halogens is 6. The normalized spacial score (nSPS) is 20.9. The Kier molecular flexibility index (Phi) is 9.02. The van der Waals surface area contributed by atoms with Gasteiger partial charge in [0, 0.05) is 48.5 Å². The van der Waals surface area contributed by atoms with Gasteiger partial charge in [0.1, 0.15) is 6.61 Å². The molecule has 1 aliphatic heterocycles. The number of thioether (sulfide) groups is 1. The van der Waals surface area contributed by atoms with E-state index in [0.717, 1.165) is 43.5 Å². The summed E-state index contributed by atoms with van der Waals surface area (Å²) in [5.74, 6) is -0.103. The SMILES string of the molecule is O=C(COC1CCC(Nc2ccc(SC(F)(F)F)cc2)CC1)N1CCN(c2ccc(C(F)(F)F)cc2)CC1. The number of alkyl halides is 6. The summed E-state index contributed by atoms with van der Waals surface area (Å²) in [5.41, 5.74) is -3.53. The molecular formula is C26H29F6N3O2S. The van der Waals surface area contributed by atoms with Crippen LogP contribution in [0.2, 0.25) is 0 Å². The number of amides is 1. The van der Waals surface area contributed by atoms with E-state index in [0.29, 0.717) is 31.9 Å². The van der Waals surface area contributed by atoms with Crippen molar-refractivity contribution in [3.05, 3.63) is 54.1 Å². The van der Waals surface area contributed by atoms with Crippen molar-refractivity contribution in [3.8, 4) is 0 Å². The van der Waals surface area contributed by atoms with Crippen LogP contribution in [-0.4, -0.2) is 61.2 Å². The zero-order chi connectivity index (χ0) is 27.3. The number of nitrogens with one attached hydrogen (secondary N) is 1. The molecule has 0 unspecified atom stereocenters. The van der Waals surface area contributed by atoms with E-state index in [1.54, 1.807) is 17.0 Å². The van der Waals surface area contributed by atoms with Gasteiger partial charge in [0.15, 0.2) is 0 Å². The second-order valence-corrected chi connectivity index (χ2v) is 10.6. The second kappa shape index (κ2) is 12.1. The molecule has 4 rings (SSSR count). The number of nitrogens with zero attached hydrogens (tertiary/aromatic N) is 2. The third kappa shape index (κ3) is 8.20. The highest BCUT2D eigenvalue weighted by Crippen LogP contribution is 2.37. The van der Waals surface area contributed by atoms with Crippen molar-refractivity contribution < 1.29 is 35.9 Å². The largest absolute Gasteiger partial charge is 0.446 e. The average Bonchev–Trinajstić information content (AvgIpc) is 2.88. The van der Waals surface area contributed by atoms with Gasteiger partial charge in [-0.25, -0.2) is 0 Å². The lowest BCUT2D eigenvalue weighted by Gasteiger charge is -2.36. The Hall–Kier alpha value is -2.60. The molecule has 38 heavy (non-hydrogen) atoms. The van der Waals surface area contributed by atoms with Crippen LogP contribution in [0.15, 0.2) is 53.4 Å². The summed E-state index contributed by atoms with van der Waals surface area (Å²) >= 11 is -0.138. The minimum atomic E-state index is -4.37. The van der Waals surface area contributed by atoms with Gasteiger partial charge in [0.05, 0.1) is 11.7 Å². The molecule has 0 bridgehead atoms. The van der Waals surface area contributed by atoms with Gasteiger partial charge in [0.25, 0.3) is 0 Å². The number of piperazine rings is 1. The molecule has 2 aromatic rings. The van der Waals surface area contributed by atoms with Crippen molar-refractivity contribution >= 4 is 29.0 Å². The summed E-state index contributed by atoms with van der Waals surface area (Å²) < 4.78 is 81.6. The van der Waals surface area contributed by atoms with Gasteiger partial charge in [-0.2, -0.15) is 26.3 Å². The zero-order valence-corrected chi connectivity index (χ0v) is 21.3. The summed E-state index contributed by atoms with van der Waals surface area (Å²) in [6.07, 6.45) is -1.21. The summed E-state index contributed by atoms with van der Waals surface area (Å²) in [6, 6.07) is 11.4. The molecule has 2 aromatic carbocycles. The summed E-state index contributed by atoms with van der Waals surface area (Å²) in [6.45, 7) is 2.00. The molecule has 5 nitrogen and oxygen atoms in total. The van der Waals surface area contributed by atoms with Crippen LogP contribution in [0, 0.1) is 0 Å². The average molecular weight is 562 g/mol. The van der Waals surface area contributed by atoms with E-state index in [4.69, 9.17) is 4.74 Å². The number of benzene rings is 2. The zero-order valence-electron chi connectivity index (χ0n) is 20.5. The molecule has 1 aliphatic carbocycles. The lowest BCUT2D eigenvalue weighted by Crippen LogP contribution is -2.50. The minimum Gasteiger partial charge on any atom is -0.382 e. The first-order chi connectivity index (χ1) is 18.0. The molecule has 2 fully saturated rings. The standard InChI is InChI=1S/C26H29F6N3O2S/c27-25(28,29)18-1-7-21(8-2-18)34-13-15-35(16-14-34)24(36)17-37-22-9-3-19(4-10-22)33-20-5-11-23(12-6-20)38-26(30,31)32/h1-2,5-8,11-12,19,22,33H,3-4,9-10,13-17H2. The molecule has 12 heteroatoms. The molecule has 0 atom stereocenters. The maximum absolute atomic E-state index is 12.8. The van der Waals surface area contributed by atoms with Crippen LogP contribution in [0.5, 0.6) is 0 Å². The Balaban J connectivity index is 1.14. The quantitative estimate of drug-likeness (QED) is 0.313. The van der Waals surface area contributed by atoms with Crippen molar-refractivity contribution in [2.45, 2.75) is 54.4 Å². The van der Waals surface area contributed by atoms with E-state index >= 15 is 0 Å². The van der Waals surface area contributed by atoms with Crippen LogP contribution in [0.3, 0.4) is 0 Å². The van der Waals surface area contributed by atoms with Crippen molar-refractivity contribution in [1.82, 2.24) is 4.90 Å². The van der Waals surface area contributed by atoms with Crippen LogP contribution >= 0.6 is 11.8 Å². The van der Waals surface area contributed by atoms with Crippen LogP contribution in [0.25, 0.3) is 0 Å². The Morgan fingerprint density at radius 3 is 2.03 bits per heavy atom. The smallest absolute Gasteiger partial charge is 0.382 e. The Labute approximate surface area is 221 Å². The Bertz CT molecular complexity index is 1050. The molecule has 208 valence electrons. The van der Waals surface area contributed by atoms with Crippen molar-refractivity contribution in [2.75, 3.05) is 43.0 Å². The number of anilines is 2. The number of hydrogen-bond acceptors (Lipinski definition) is 5. The van der Waals surface area contributed by atoms with Crippen LogP contribution in [0.1, 0.15) is 31.2 Å². The van der Waals surface area contributed by atoms with E-state index in [9.17, 15) is 31.1 Å². The topological polar surface area (TPSA) is 44.8 Å². The van der Waals surface area contributed by atoms with E-state index in [1.165, 1.54) is 24.3 Å². The van der Waals surface area contributed by atoms with Gasteiger partial charge in [-0.05, 0) is 86.0 Å². The molecule has 0 aromatic heterocycles. The van der Waals surface area contributed by atoms with Crippen LogP contribution < -0.4 is 10.2 Å². The predicted molar refractivity (Wildman–Crippen MR) is 134 cm³/mol. The third-order valence-corrected chi connectivity index (χ3v) is 7.51. The maximum atomic E-state index is 12.8. The van der Waals surface area contributed by atoms with Gasteiger partial charge in [0.2, 0.25) is 5.91 Å². The fourth-order valence-corrected chi connectivity index (χ4v) is 5.26. The van der Waals surface area contributed by atoms with Gasteiger partial charge in [-0.15, -0.1) is 0 Å². The van der Waals surface area contributed by atoms with Gasteiger partial charge < -0.3 is 19.9 Å². The highest BCUT2D eigenvalue weighted by molar-refractivity contribution is 8.00. The number of carbonyl (C=O) groups excluding carboxylic acids is 1. The third-order valence-electron chi connectivity index (χ3n) is 6.77. The van der Waals surface area contributed by atoms with E-state index < -0.39 is 17.2 Å². The van der Waals surface area contributed by atoms with Crippen LogP contribution in [0.4, 0.5) is 37.7 Å². The molecule has 1 amide bonds. The monoisotopic (exact) mass is 561 g/mol. The summed E-state index contributed by atoms with van der Waals surface area (Å²) in [5, 5.41) is 3.35. The number of rotatable bonds is 7. The first kappa shape index (κ1) is 28.4. The lowest BCUT2D eigenvalue weighted by atomic mass is 9.93. The summed E-state index contributed by atoms with van der Waals surface area (Å²) in [4.78, 5) is 16.5. The second-order valence-electron chi connectivity index (χ2n) is 9.41. The van der Waals surface area contributed by atoms with Crippen molar-refractivity contribution in [3.63, 3.8) is 0 Å². The molecule has 1 N–H and O–H groups in total. The summed E-state index contributed by atoms with van der Waals surface area (Å²) in [7, 11) is 0. The van der Waals surface area contributed by atoms with Gasteiger partial charge in [-0.3, -0.25) is 4.79 Å². The van der Waals surface area contributed by atoms with Gasteiger partial charge in [-0.1, -0.05) is 0 Å². The molecule has 0 radical (unpaired) electrons. The fraction of sp³-hybridized carbons (Fsp3) is 0.500. The van der Waals surface area contributed by atoms with E-state index in [2.05, 4.69) is 5.32 Å². The predicted octanol–water partition coefficient (Wildman–Crippen LogP) is 6.41. The number of hydrogen-bond donors (Lipinski definition) is 1. The van der Waals surface area contributed by atoms with Gasteiger partial charge >= 0.3 is 11.7 Å². The fourth-order valence-electron chi connectivity index (χ4n) is 4.72. The molecular weight excluding hydrogens is 532 g/mol. The first-order valence-corrected chi connectivity index (χ1v) is 13.2. The number of ether oxygens (including phenoxy) is 1. The Morgan fingerprint density at radius 2 is 1.47 bits per heavy atom. The molecule has 1 saturated heterocycles. The minimum absolute atomic E-state index is 0.0125. The maximum Gasteiger partial charge on any atom is 0.446 e. The molecule has 0 spiro atoms. The van der Waals surface area contributed by atoms with E-state index in [1.807, 2.05) is 4.90 Å². The molecule has 1 saturated carbocycles. The van der Waals surface area contributed by atoms with Crippen molar-refractivity contribution in [1.29, 1.82) is 0 Å². The molecule has 1 heterocycles. The lowest BCUT2D eigenvalue weighted by molar-refractivity contribution is -0.139. The number of carbonyl (C=O) groups is 1. The highest BCUT2D eigenvalue weighted by Gasteiger charge is 2.31. The molecule has 2 aliphatic rings.